The summed E-state index contributed by atoms with van der Waals surface area (Å²) in [6.07, 6.45) is 5.75. The van der Waals surface area contributed by atoms with Gasteiger partial charge in [-0.05, 0) is 25.0 Å². The van der Waals surface area contributed by atoms with Crippen LogP contribution in [0.4, 0.5) is 5.82 Å². The van der Waals surface area contributed by atoms with Crippen LogP contribution < -0.4 is 5.32 Å². The van der Waals surface area contributed by atoms with Crippen molar-refractivity contribution in [3.05, 3.63) is 23.9 Å². The quantitative estimate of drug-likeness (QED) is 0.808. The summed E-state index contributed by atoms with van der Waals surface area (Å²) in [6.45, 7) is 0.0917. The minimum Gasteiger partial charge on any atom is -0.394 e. The molecule has 0 spiro atoms. The molecule has 1 aromatic rings. The Balaban J connectivity index is 2.23. The largest absolute Gasteiger partial charge is 0.394 e. The summed E-state index contributed by atoms with van der Waals surface area (Å²) >= 11 is 0. The molecule has 4 nitrogen and oxygen atoms in total. The first-order chi connectivity index (χ1) is 7.79. The molecular weight excluding hydrogens is 202 g/mol. The normalized spacial score (nSPS) is 18.0. The van der Waals surface area contributed by atoms with E-state index in [-0.39, 0.29) is 12.1 Å². The zero-order valence-corrected chi connectivity index (χ0v) is 9.11. The Morgan fingerprint density at radius 3 is 2.88 bits per heavy atom. The minimum atomic E-state index is -0.278. The first kappa shape index (κ1) is 10.9. The molecule has 0 atom stereocenters. The number of hydrogen-bond donors (Lipinski definition) is 2. The van der Waals surface area contributed by atoms with Crippen molar-refractivity contribution in [2.24, 2.45) is 0 Å². The Morgan fingerprint density at radius 2 is 2.25 bits per heavy atom. The molecule has 1 aliphatic rings. The summed E-state index contributed by atoms with van der Waals surface area (Å²) in [5.74, 6) is 0.584. The SMILES string of the molecule is N#Cc1cccnc1NC1(CO)CCCC1. The van der Waals surface area contributed by atoms with Gasteiger partial charge >= 0.3 is 0 Å². The van der Waals surface area contributed by atoms with Crippen LogP contribution in [0.3, 0.4) is 0 Å². The Bertz CT molecular complexity index is 405. The number of aliphatic hydroxyl groups is 1. The van der Waals surface area contributed by atoms with E-state index in [0.717, 1.165) is 25.7 Å². The van der Waals surface area contributed by atoms with Gasteiger partial charge < -0.3 is 10.4 Å². The van der Waals surface area contributed by atoms with Gasteiger partial charge in [-0.2, -0.15) is 5.26 Å². The molecule has 2 rings (SSSR count). The molecule has 1 saturated carbocycles. The topological polar surface area (TPSA) is 68.9 Å². The Labute approximate surface area is 94.9 Å². The van der Waals surface area contributed by atoms with Crippen LogP contribution in [0.1, 0.15) is 31.2 Å². The van der Waals surface area contributed by atoms with Crippen LogP contribution in [0.15, 0.2) is 18.3 Å². The Kier molecular flexibility index (Phi) is 3.07. The highest BCUT2D eigenvalue weighted by Crippen LogP contribution is 2.32. The van der Waals surface area contributed by atoms with Crippen molar-refractivity contribution in [1.29, 1.82) is 5.26 Å². The van der Waals surface area contributed by atoms with Gasteiger partial charge in [-0.15, -0.1) is 0 Å². The molecule has 0 radical (unpaired) electrons. The van der Waals surface area contributed by atoms with Crippen molar-refractivity contribution in [3.63, 3.8) is 0 Å². The molecule has 84 valence electrons. The third-order valence-electron chi connectivity index (χ3n) is 3.18. The summed E-state index contributed by atoms with van der Waals surface area (Å²) in [4.78, 5) is 4.16. The van der Waals surface area contributed by atoms with Gasteiger partial charge in [-0.3, -0.25) is 0 Å². The van der Waals surface area contributed by atoms with Gasteiger partial charge in [0.05, 0.1) is 17.7 Å². The van der Waals surface area contributed by atoms with Crippen molar-refractivity contribution in [2.45, 2.75) is 31.2 Å². The molecule has 1 aromatic heterocycles. The van der Waals surface area contributed by atoms with E-state index in [1.165, 1.54) is 0 Å². The van der Waals surface area contributed by atoms with Crippen LogP contribution in [0, 0.1) is 11.3 Å². The highest BCUT2D eigenvalue weighted by atomic mass is 16.3. The van der Waals surface area contributed by atoms with E-state index in [9.17, 15) is 5.11 Å². The molecule has 0 saturated heterocycles. The standard InChI is InChI=1S/C12H15N3O/c13-8-10-4-3-7-14-11(10)15-12(9-16)5-1-2-6-12/h3-4,7,16H,1-2,5-6,9H2,(H,14,15). The number of hydrogen-bond acceptors (Lipinski definition) is 4. The summed E-state index contributed by atoms with van der Waals surface area (Å²) in [6, 6.07) is 5.58. The number of rotatable bonds is 3. The lowest BCUT2D eigenvalue weighted by Crippen LogP contribution is -2.39. The average Bonchev–Trinajstić information content (AvgIpc) is 2.79. The van der Waals surface area contributed by atoms with Gasteiger partial charge in [0.25, 0.3) is 0 Å². The monoisotopic (exact) mass is 217 g/mol. The second-order valence-corrected chi connectivity index (χ2v) is 4.28. The fourth-order valence-electron chi connectivity index (χ4n) is 2.22. The molecule has 0 bridgehead atoms. The van der Waals surface area contributed by atoms with Crippen molar-refractivity contribution in [1.82, 2.24) is 4.98 Å². The number of nitrogens with one attached hydrogen (secondary N) is 1. The van der Waals surface area contributed by atoms with Gasteiger partial charge in [0, 0.05) is 6.20 Å². The summed E-state index contributed by atoms with van der Waals surface area (Å²) in [5.41, 5.74) is 0.252. The molecule has 4 heteroatoms. The second kappa shape index (κ2) is 4.50. The van der Waals surface area contributed by atoms with E-state index < -0.39 is 0 Å². The van der Waals surface area contributed by atoms with E-state index in [0.29, 0.717) is 11.4 Å². The van der Waals surface area contributed by atoms with Crippen molar-refractivity contribution in [2.75, 3.05) is 11.9 Å². The van der Waals surface area contributed by atoms with E-state index >= 15 is 0 Å². The second-order valence-electron chi connectivity index (χ2n) is 4.28. The number of pyridine rings is 1. The summed E-state index contributed by atoms with van der Waals surface area (Å²) < 4.78 is 0. The van der Waals surface area contributed by atoms with E-state index in [1.54, 1.807) is 18.3 Å². The van der Waals surface area contributed by atoms with E-state index in [1.807, 2.05) is 0 Å². The van der Waals surface area contributed by atoms with Crippen molar-refractivity contribution < 1.29 is 5.11 Å². The highest BCUT2D eigenvalue weighted by molar-refractivity contribution is 5.53. The maximum atomic E-state index is 9.47. The summed E-state index contributed by atoms with van der Waals surface area (Å²) in [7, 11) is 0. The zero-order valence-electron chi connectivity index (χ0n) is 9.11. The molecule has 0 aromatic carbocycles. The number of anilines is 1. The first-order valence-electron chi connectivity index (χ1n) is 5.54. The van der Waals surface area contributed by atoms with Crippen LogP contribution in [0.5, 0.6) is 0 Å². The van der Waals surface area contributed by atoms with Gasteiger partial charge in [-0.1, -0.05) is 12.8 Å². The molecule has 1 fully saturated rings. The predicted molar refractivity (Wildman–Crippen MR) is 60.9 cm³/mol. The number of aromatic nitrogens is 1. The first-order valence-corrected chi connectivity index (χ1v) is 5.54. The van der Waals surface area contributed by atoms with Crippen molar-refractivity contribution in [3.8, 4) is 6.07 Å². The van der Waals surface area contributed by atoms with Gasteiger partial charge in [0.2, 0.25) is 0 Å². The molecule has 0 aliphatic heterocycles. The zero-order chi connectivity index (χ0) is 11.4. The minimum absolute atomic E-state index is 0.0917. The van der Waals surface area contributed by atoms with E-state index in [2.05, 4.69) is 16.4 Å². The molecule has 16 heavy (non-hydrogen) atoms. The van der Waals surface area contributed by atoms with Crippen LogP contribution >= 0.6 is 0 Å². The summed E-state index contributed by atoms with van der Waals surface area (Å²) in [5, 5.41) is 21.7. The third kappa shape index (κ3) is 2.00. The van der Waals surface area contributed by atoms with Crippen LogP contribution in [-0.2, 0) is 0 Å². The average molecular weight is 217 g/mol. The lowest BCUT2D eigenvalue weighted by atomic mass is 9.98. The Hall–Kier alpha value is -1.60. The number of nitriles is 1. The van der Waals surface area contributed by atoms with E-state index in [4.69, 9.17) is 5.26 Å². The maximum absolute atomic E-state index is 9.47. The van der Waals surface area contributed by atoms with Crippen LogP contribution in [-0.4, -0.2) is 22.2 Å². The smallest absolute Gasteiger partial charge is 0.144 e. The number of nitrogens with zero attached hydrogens (tertiary/aromatic N) is 2. The molecular formula is C12H15N3O. The molecule has 2 N–H and O–H groups in total. The highest BCUT2D eigenvalue weighted by Gasteiger charge is 2.33. The van der Waals surface area contributed by atoms with Crippen LogP contribution in [0.2, 0.25) is 0 Å². The molecule has 0 unspecified atom stereocenters. The molecule has 0 amide bonds. The van der Waals surface area contributed by atoms with Gasteiger partial charge in [-0.25, -0.2) is 4.98 Å². The molecule has 1 heterocycles. The van der Waals surface area contributed by atoms with Gasteiger partial charge in [0.1, 0.15) is 11.9 Å². The Morgan fingerprint density at radius 1 is 1.50 bits per heavy atom. The fraction of sp³-hybridized carbons (Fsp3) is 0.500. The predicted octanol–water partition coefficient (Wildman–Crippen LogP) is 1.67. The molecule has 1 aliphatic carbocycles. The lowest BCUT2D eigenvalue weighted by molar-refractivity contribution is 0.214. The van der Waals surface area contributed by atoms with Crippen LogP contribution in [0.25, 0.3) is 0 Å². The fourth-order valence-corrected chi connectivity index (χ4v) is 2.22. The van der Waals surface area contributed by atoms with Crippen molar-refractivity contribution >= 4 is 5.82 Å². The van der Waals surface area contributed by atoms with Gasteiger partial charge in [0.15, 0.2) is 0 Å². The lowest BCUT2D eigenvalue weighted by Gasteiger charge is -2.28. The third-order valence-corrected chi connectivity index (χ3v) is 3.18. The maximum Gasteiger partial charge on any atom is 0.144 e. The number of aliphatic hydroxyl groups excluding tert-OH is 1.